The van der Waals surface area contributed by atoms with Gasteiger partial charge in [0, 0.05) is 39.1 Å². The van der Waals surface area contributed by atoms with Gasteiger partial charge in [0.2, 0.25) is 11.8 Å². The largest absolute Gasteiger partial charge is 0.383 e. The molecule has 1 aromatic carbocycles. The fraction of sp³-hybridized carbons (Fsp3) is 0.520. The lowest BCUT2D eigenvalue weighted by molar-refractivity contribution is -0.142. The summed E-state index contributed by atoms with van der Waals surface area (Å²) in [5.41, 5.74) is 2.04. The maximum Gasteiger partial charge on any atom is 0.242 e. The van der Waals surface area contributed by atoms with Crippen molar-refractivity contribution in [2.75, 3.05) is 33.4 Å². The average Bonchev–Trinajstić information content (AvgIpc) is 3.15. The van der Waals surface area contributed by atoms with E-state index in [-0.39, 0.29) is 30.2 Å². The Labute approximate surface area is 186 Å². The van der Waals surface area contributed by atoms with Gasteiger partial charge in [0.25, 0.3) is 0 Å². The van der Waals surface area contributed by atoms with E-state index in [0.717, 1.165) is 11.3 Å². The maximum absolute atomic E-state index is 13.5. The van der Waals surface area contributed by atoms with Crippen molar-refractivity contribution < 1.29 is 14.3 Å². The summed E-state index contributed by atoms with van der Waals surface area (Å²) in [6.45, 7) is 8.22. The number of benzene rings is 1. The Morgan fingerprint density at radius 2 is 1.77 bits per heavy atom. The van der Waals surface area contributed by atoms with Crippen molar-refractivity contribution in [1.29, 1.82) is 0 Å². The number of amides is 2. The van der Waals surface area contributed by atoms with Crippen LogP contribution in [0.25, 0.3) is 0 Å². The molecule has 170 valence electrons. The van der Waals surface area contributed by atoms with Crippen molar-refractivity contribution in [2.45, 2.75) is 39.7 Å². The van der Waals surface area contributed by atoms with Gasteiger partial charge in [0.05, 0.1) is 25.6 Å². The molecule has 0 aliphatic carbocycles. The number of methoxy groups -OCH3 is 1. The second-order valence-electron chi connectivity index (χ2n) is 8.40. The number of aryl methyl sites for hydroxylation is 1. The number of rotatable bonds is 12. The fourth-order valence-corrected chi connectivity index (χ4v) is 3.74. The van der Waals surface area contributed by atoms with Gasteiger partial charge in [-0.25, -0.2) is 0 Å². The Bertz CT molecular complexity index is 816. The SMILES string of the molecule is CCC(C(=O)N(CC(=O)N(CCOC)Cc1cccn1C)CC(C)C)c1ccccc1. The predicted molar refractivity (Wildman–Crippen MR) is 124 cm³/mol. The van der Waals surface area contributed by atoms with Crippen molar-refractivity contribution in [3.63, 3.8) is 0 Å². The van der Waals surface area contributed by atoms with Crippen molar-refractivity contribution in [3.8, 4) is 0 Å². The van der Waals surface area contributed by atoms with E-state index in [2.05, 4.69) is 13.8 Å². The molecule has 1 unspecified atom stereocenters. The van der Waals surface area contributed by atoms with E-state index in [1.807, 2.05) is 67.2 Å². The van der Waals surface area contributed by atoms with Crippen molar-refractivity contribution in [1.82, 2.24) is 14.4 Å². The van der Waals surface area contributed by atoms with Crippen LogP contribution in [-0.2, 0) is 27.9 Å². The molecule has 2 aromatic rings. The Morgan fingerprint density at radius 1 is 1.06 bits per heavy atom. The normalized spacial score (nSPS) is 12.1. The summed E-state index contributed by atoms with van der Waals surface area (Å²) in [6.07, 6.45) is 2.66. The molecule has 0 spiro atoms. The first-order valence-electron chi connectivity index (χ1n) is 11.1. The van der Waals surface area contributed by atoms with Crippen LogP contribution in [0, 0.1) is 5.92 Å². The van der Waals surface area contributed by atoms with Gasteiger partial charge >= 0.3 is 0 Å². The molecule has 0 fully saturated rings. The van der Waals surface area contributed by atoms with Crippen LogP contribution >= 0.6 is 0 Å². The molecular formula is C25H37N3O3. The molecule has 0 radical (unpaired) electrons. The zero-order chi connectivity index (χ0) is 22.8. The van der Waals surface area contributed by atoms with Crippen LogP contribution in [0.2, 0.25) is 0 Å². The van der Waals surface area contributed by atoms with Crippen LogP contribution in [0.5, 0.6) is 0 Å². The van der Waals surface area contributed by atoms with E-state index < -0.39 is 0 Å². The quantitative estimate of drug-likeness (QED) is 0.519. The zero-order valence-corrected chi connectivity index (χ0v) is 19.6. The second-order valence-corrected chi connectivity index (χ2v) is 8.40. The number of nitrogens with zero attached hydrogens (tertiary/aromatic N) is 3. The standard InChI is InChI=1S/C25H37N3O3/c1-6-23(21-11-8-7-9-12-21)25(30)28(17-20(2)3)19-24(29)27(15-16-31-5)18-22-13-10-14-26(22)4/h7-14,20,23H,6,15-19H2,1-5H3. The lowest BCUT2D eigenvalue weighted by Crippen LogP contribution is -2.46. The topological polar surface area (TPSA) is 54.8 Å². The molecule has 0 saturated heterocycles. The second kappa shape index (κ2) is 12.3. The first-order valence-corrected chi connectivity index (χ1v) is 11.1. The number of hydrogen-bond donors (Lipinski definition) is 0. The highest BCUT2D eigenvalue weighted by Crippen LogP contribution is 2.23. The minimum Gasteiger partial charge on any atom is -0.383 e. The summed E-state index contributed by atoms with van der Waals surface area (Å²) in [6, 6.07) is 13.8. The maximum atomic E-state index is 13.5. The number of ether oxygens (including phenoxy) is 1. The van der Waals surface area contributed by atoms with Crippen LogP contribution < -0.4 is 0 Å². The minimum atomic E-state index is -0.243. The molecule has 0 aliphatic rings. The monoisotopic (exact) mass is 427 g/mol. The molecule has 1 heterocycles. The van der Waals surface area contributed by atoms with Crippen LogP contribution in [-0.4, -0.2) is 59.5 Å². The van der Waals surface area contributed by atoms with E-state index in [0.29, 0.717) is 32.7 Å². The first-order chi connectivity index (χ1) is 14.9. The van der Waals surface area contributed by atoms with Crippen molar-refractivity contribution in [3.05, 3.63) is 59.9 Å². The summed E-state index contributed by atoms with van der Waals surface area (Å²) in [7, 11) is 3.60. The Balaban J connectivity index is 2.20. The zero-order valence-electron chi connectivity index (χ0n) is 19.6. The Hall–Kier alpha value is -2.60. The number of aromatic nitrogens is 1. The molecule has 0 N–H and O–H groups in total. The number of hydrogen-bond acceptors (Lipinski definition) is 3. The average molecular weight is 428 g/mol. The first kappa shape index (κ1) is 24.7. The highest BCUT2D eigenvalue weighted by Gasteiger charge is 2.28. The van der Waals surface area contributed by atoms with E-state index in [1.54, 1.807) is 16.9 Å². The van der Waals surface area contributed by atoms with Gasteiger partial charge < -0.3 is 19.1 Å². The van der Waals surface area contributed by atoms with Gasteiger partial charge in [-0.1, -0.05) is 51.1 Å². The van der Waals surface area contributed by atoms with Gasteiger partial charge in [-0.15, -0.1) is 0 Å². The summed E-state index contributed by atoms with van der Waals surface area (Å²) in [5, 5.41) is 0. The third-order valence-electron chi connectivity index (χ3n) is 5.45. The van der Waals surface area contributed by atoms with Gasteiger partial charge in [-0.05, 0) is 30.0 Å². The van der Waals surface area contributed by atoms with Gasteiger partial charge in [-0.3, -0.25) is 9.59 Å². The Kier molecular flexibility index (Phi) is 9.79. The van der Waals surface area contributed by atoms with Crippen molar-refractivity contribution in [2.24, 2.45) is 13.0 Å². The van der Waals surface area contributed by atoms with Crippen molar-refractivity contribution >= 4 is 11.8 Å². The molecule has 2 rings (SSSR count). The molecular weight excluding hydrogens is 390 g/mol. The molecule has 1 aromatic heterocycles. The van der Waals surface area contributed by atoms with E-state index in [9.17, 15) is 9.59 Å². The summed E-state index contributed by atoms with van der Waals surface area (Å²) >= 11 is 0. The van der Waals surface area contributed by atoms with Gasteiger partial charge in [0.1, 0.15) is 0 Å². The van der Waals surface area contributed by atoms with E-state index >= 15 is 0 Å². The number of carbonyl (C=O) groups is 2. The lowest BCUT2D eigenvalue weighted by atomic mass is 9.94. The summed E-state index contributed by atoms with van der Waals surface area (Å²) in [5.74, 6) is -0.0187. The molecule has 1 atom stereocenters. The lowest BCUT2D eigenvalue weighted by Gasteiger charge is -2.31. The number of carbonyl (C=O) groups excluding carboxylic acids is 2. The molecule has 0 bridgehead atoms. The van der Waals surface area contributed by atoms with Crippen LogP contribution in [0.3, 0.4) is 0 Å². The minimum absolute atomic E-state index is 0.0151. The van der Waals surface area contributed by atoms with Gasteiger partial charge in [0.15, 0.2) is 0 Å². The summed E-state index contributed by atoms with van der Waals surface area (Å²) < 4.78 is 7.23. The van der Waals surface area contributed by atoms with Gasteiger partial charge in [-0.2, -0.15) is 0 Å². The highest BCUT2D eigenvalue weighted by molar-refractivity contribution is 5.88. The van der Waals surface area contributed by atoms with Crippen LogP contribution in [0.15, 0.2) is 48.7 Å². The van der Waals surface area contributed by atoms with Crippen LogP contribution in [0.4, 0.5) is 0 Å². The molecule has 2 amide bonds. The molecule has 31 heavy (non-hydrogen) atoms. The molecule has 0 aliphatic heterocycles. The fourth-order valence-electron chi connectivity index (χ4n) is 3.74. The van der Waals surface area contributed by atoms with E-state index in [1.165, 1.54) is 0 Å². The summed E-state index contributed by atoms with van der Waals surface area (Å²) in [4.78, 5) is 30.3. The van der Waals surface area contributed by atoms with E-state index in [4.69, 9.17) is 4.74 Å². The predicted octanol–water partition coefficient (Wildman–Crippen LogP) is 3.68. The van der Waals surface area contributed by atoms with Crippen LogP contribution in [0.1, 0.15) is 44.4 Å². The third kappa shape index (κ3) is 7.24. The third-order valence-corrected chi connectivity index (χ3v) is 5.45. The highest BCUT2D eigenvalue weighted by atomic mass is 16.5. The molecule has 6 heteroatoms. The molecule has 0 saturated carbocycles. The molecule has 6 nitrogen and oxygen atoms in total. The Morgan fingerprint density at radius 3 is 2.32 bits per heavy atom. The smallest absolute Gasteiger partial charge is 0.242 e.